The molecule has 3 heteroatoms. The molecule has 3 nitrogen and oxygen atoms in total. The Labute approximate surface area is 73.0 Å². The fraction of sp³-hybridized carbons (Fsp3) is 0.889. The first-order chi connectivity index (χ1) is 5.42. The molecule has 1 heterocycles. The number of hydrogen-bond donors (Lipinski definition) is 0. The van der Waals surface area contributed by atoms with Gasteiger partial charge in [-0.1, -0.05) is 13.8 Å². The van der Waals surface area contributed by atoms with Gasteiger partial charge in [-0.25, -0.2) is 0 Å². The molecule has 1 fully saturated rings. The summed E-state index contributed by atoms with van der Waals surface area (Å²) in [4.78, 5) is 11.4. The lowest BCUT2D eigenvalue weighted by molar-refractivity contribution is -0.153. The van der Waals surface area contributed by atoms with Crippen molar-refractivity contribution in [3.8, 4) is 0 Å². The van der Waals surface area contributed by atoms with E-state index in [0.29, 0.717) is 6.61 Å². The third-order valence-corrected chi connectivity index (χ3v) is 1.89. The van der Waals surface area contributed by atoms with Crippen molar-refractivity contribution in [2.75, 3.05) is 6.61 Å². The highest BCUT2D eigenvalue weighted by Crippen LogP contribution is 2.24. The van der Waals surface area contributed by atoms with Crippen LogP contribution >= 0.6 is 0 Å². The molecule has 1 aliphatic heterocycles. The zero-order chi connectivity index (χ0) is 9.35. The number of Topliss-reactive ketones (excluding diaryl/α,β-unsaturated/α-hetero) is 1. The molecular formula is C9H16O3. The van der Waals surface area contributed by atoms with E-state index in [0.717, 1.165) is 0 Å². The molecule has 0 radical (unpaired) electrons. The Hall–Kier alpha value is -0.410. The molecule has 0 N–H and O–H groups in total. The molecule has 1 aliphatic rings. The smallest absolute Gasteiger partial charge is 0.166 e. The summed E-state index contributed by atoms with van der Waals surface area (Å²) in [7, 11) is 0. The normalized spacial score (nSPS) is 27.9. The molecule has 1 rings (SSSR count). The van der Waals surface area contributed by atoms with Crippen LogP contribution < -0.4 is 0 Å². The van der Waals surface area contributed by atoms with Crippen molar-refractivity contribution < 1.29 is 14.3 Å². The average Bonchev–Trinajstić information content (AvgIpc) is 2.28. The second kappa shape index (κ2) is 3.15. The van der Waals surface area contributed by atoms with E-state index >= 15 is 0 Å². The molecule has 0 aromatic carbocycles. The number of carbonyl (C=O) groups excluding carboxylic acids is 1. The van der Waals surface area contributed by atoms with Crippen LogP contribution in [-0.4, -0.2) is 24.3 Å². The molecule has 1 unspecified atom stereocenters. The zero-order valence-electron chi connectivity index (χ0n) is 8.09. The highest BCUT2D eigenvalue weighted by Gasteiger charge is 2.37. The summed E-state index contributed by atoms with van der Waals surface area (Å²) in [5, 5.41) is 0. The molecule has 0 spiro atoms. The van der Waals surface area contributed by atoms with E-state index in [1.54, 1.807) is 0 Å². The van der Waals surface area contributed by atoms with Crippen molar-refractivity contribution >= 4 is 5.78 Å². The van der Waals surface area contributed by atoms with Gasteiger partial charge in [-0.05, 0) is 13.8 Å². The van der Waals surface area contributed by atoms with Crippen molar-refractivity contribution in [1.29, 1.82) is 0 Å². The van der Waals surface area contributed by atoms with Gasteiger partial charge in [0.25, 0.3) is 0 Å². The van der Waals surface area contributed by atoms with E-state index in [9.17, 15) is 4.79 Å². The maximum Gasteiger partial charge on any atom is 0.166 e. The summed E-state index contributed by atoms with van der Waals surface area (Å²) in [5.41, 5.74) is 0. The van der Waals surface area contributed by atoms with Gasteiger partial charge >= 0.3 is 0 Å². The van der Waals surface area contributed by atoms with Gasteiger partial charge in [0, 0.05) is 5.92 Å². The Morgan fingerprint density at radius 2 is 2.08 bits per heavy atom. The lowest BCUT2D eigenvalue weighted by Gasteiger charge is -2.17. The summed E-state index contributed by atoms with van der Waals surface area (Å²) in [6, 6.07) is 0. The molecule has 1 atom stereocenters. The Bertz CT molecular complexity index is 184. The summed E-state index contributed by atoms with van der Waals surface area (Å²) >= 11 is 0. The number of hydrogen-bond acceptors (Lipinski definition) is 3. The van der Waals surface area contributed by atoms with Crippen LogP contribution in [-0.2, 0) is 14.3 Å². The fourth-order valence-corrected chi connectivity index (χ4v) is 1.20. The SMILES string of the molecule is CC(C)C(=O)C1COC(C)(C)O1. The molecule has 70 valence electrons. The van der Waals surface area contributed by atoms with Crippen LogP contribution in [0.2, 0.25) is 0 Å². The monoisotopic (exact) mass is 172 g/mol. The van der Waals surface area contributed by atoms with E-state index < -0.39 is 5.79 Å². The van der Waals surface area contributed by atoms with Gasteiger partial charge in [0.2, 0.25) is 0 Å². The van der Waals surface area contributed by atoms with Crippen LogP contribution in [0.5, 0.6) is 0 Å². The predicted octanol–water partition coefficient (Wildman–Crippen LogP) is 1.36. The van der Waals surface area contributed by atoms with Gasteiger partial charge < -0.3 is 9.47 Å². The fourth-order valence-electron chi connectivity index (χ4n) is 1.20. The molecule has 0 aromatic heterocycles. The summed E-state index contributed by atoms with van der Waals surface area (Å²) < 4.78 is 10.7. The Balaban J connectivity index is 2.53. The minimum absolute atomic E-state index is 0.0208. The summed E-state index contributed by atoms with van der Waals surface area (Å²) in [6.45, 7) is 7.78. The Kier molecular flexibility index (Phi) is 2.54. The van der Waals surface area contributed by atoms with E-state index in [1.165, 1.54) is 0 Å². The van der Waals surface area contributed by atoms with Crippen LogP contribution in [0.15, 0.2) is 0 Å². The van der Waals surface area contributed by atoms with Gasteiger partial charge in [0.15, 0.2) is 11.6 Å². The van der Waals surface area contributed by atoms with Crippen molar-refractivity contribution in [1.82, 2.24) is 0 Å². The van der Waals surface area contributed by atoms with Crippen LogP contribution in [0, 0.1) is 5.92 Å². The summed E-state index contributed by atoms with van der Waals surface area (Å²) in [5.74, 6) is -0.442. The van der Waals surface area contributed by atoms with Gasteiger partial charge in [0.1, 0.15) is 6.10 Å². The van der Waals surface area contributed by atoms with Crippen LogP contribution in [0.1, 0.15) is 27.7 Å². The lowest BCUT2D eigenvalue weighted by Crippen LogP contribution is -2.29. The Morgan fingerprint density at radius 1 is 1.50 bits per heavy atom. The average molecular weight is 172 g/mol. The molecular weight excluding hydrogens is 156 g/mol. The Morgan fingerprint density at radius 3 is 2.42 bits per heavy atom. The van der Waals surface area contributed by atoms with E-state index in [4.69, 9.17) is 9.47 Å². The molecule has 0 saturated carbocycles. The van der Waals surface area contributed by atoms with Crippen molar-refractivity contribution in [2.24, 2.45) is 5.92 Å². The second-order valence-electron chi connectivity index (χ2n) is 3.87. The first-order valence-corrected chi connectivity index (χ1v) is 4.28. The van der Waals surface area contributed by atoms with Gasteiger partial charge in [-0.15, -0.1) is 0 Å². The maximum atomic E-state index is 11.4. The second-order valence-corrected chi connectivity index (χ2v) is 3.87. The molecule has 0 aliphatic carbocycles. The quantitative estimate of drug-likeness (QED) is 0.631. The first kappa shape index (κ1) is 9.68. The van der Waals surface area contributed by atoms with Crippen LogP contribution in [0.25, 0.3) is 0 Å². The third kappa shape index (κ3) is 2.05. The van der Waals surface area contributed by atoms with Crippen LogP contribution in [0.4, 0.5) is 0 Å². The lowest BCUT2D eigenvalue weighted by atomic mass is 10.1. The zero-order valence-corrected chi connectivity index (χ0v) is 8.09. The first-order valence-electron chi connectivity index (χ1n) is 4.28. The standard InChI is InChI=1S/C9H16O3/c1-6(2)8(10)7-5-11-9(3,4)12-7/h6-7H,5H2,1-4H3. The largest absolute Gasteiger partial charge is 0.347 e. The van der Waals surface area contributed by atoms with E-state index in [1.807, 2.05) is 27.7 Å². The van der Waals surface area contributed by atoms with Gasteiger partial charge in [-0.3, -0.25) is 4.79 Å². The summed E-state index contributed by atoms with van der Waals surface area (Å²) in [6.07, 6.45) is -0.361. The number of ether oxygens (including phenoxy) is 2. The molecule has 0 amide bonds. The molecule has 1 saturated heterocycles. The maximum absolute atomic E-state index is 11.4. The minimum atomic E-state index is -0.588. The van der Waals surface area contributed by atoms with E-state index in [-0.39, 0.29) is 17.8 Å². The topological polar surface area (TPSA) is 35.5 Å². The van der Waals surface area contributed by atoms with Crippen molar-refractivity contribution in [3.05, 3.63) is 0 Å². The van der Waals surface area contributed by atoms with E-state index in [2.05, 4.69) is 0 Å². The van der Waals surface area contributed by atoms with Crippen molar-refractivity contribution in [3.63, 3.8) is 0 Å². The molecule has 0 aromatic rings. The number of rotatable bonds is 2. The van der Waals surface area contributed by atoms with Crippen LogP contribution in [0.3, 0.4) is 0 Å². The van der Waals surface area contributed by atoms with Crippen molar-refractivity contribution in [2.45, 2.75) is 39.6 Å². The molecule has 0 bridgehead atoms. The highest BCUT2D eigenvalue weighted by atomic mass is 16.7. The molecule has 12 heavy (non-hydrogen) atoms. The third-order valence-electron chi connectivity index (χ3n) is 1.89. The number of ketones is 1. The highest BCUT2D eigenvalue weighted by molar-refractivity contribution is 5.85. The van der Waals surface area contributed by atoms with Gasteiger partial charge in [0.05, 0.1) is 6.61 Å². The minimum Gasteiger partial charge on any atom is -0.347 e. The number of carbonyl (C=O) groups is 1. The van der Waals surface area contributed by atoms with Gasteiger partial charge in [-0.2, -0.15) is 0 Å². The predicted molar refractivity (Wildman–Crippen MR) is 44.7 cm³/mol.